The molecule has 0 amide bonds. The number of hydrogen-bond acceptors (Lipinski definition) is 8. The van der Waals surface area contributed by atoms with E-state index in [0.29, 0.717) is 58.2 Å². The number of hydrogen-bond donors (Lipinski definition) is 0. The Kier molecular flexibility index (Phi) is 7.96. The Morgan fingerprint density at radius 1 is 1.04 bits per heavy atom. The molecule has 6 heterocycles. The summed E-state index contributed by atoms with van der Waals surface area (Å²) >= 11 is 0. The Morgan fingerprint density at radius 2 is 1.85 bits per heavy atom. The molecule has 9 nitrogen and oxygen atoms in total. The van der Waals surface area contributed by atoms with Gasteiger partial charge in [0.05, 0.1) is 27.6 Å². The number of aryl methyl sites for hydroxylation is 2. The molecule has 1 fully saturated rings. The molecule has 1 saturated heterocycles. The van der Waals surface area contributed by atoms with Crippen molar-refractivity contribution in [2.24, 2.45) is 11.8 Å². The quantitative estimate of drug-likeness (QED) is 0.187. The maximum atomic E-state index is 14.0. The third-order valence-corrected chi connectivity index (χ3v) is 11.1. The molecule has 1 atom stereocenters. The smallest absolute Gasteiger partial charge is 0.250 e. The summed E-state index contributed by atoms with van der Waals surface area (Å²) in [5.74, 6) is -0.941. The Balaban J connectivity index is 1.40. The SMILES string of the molecule is Cc1nnc(-c2c(CCC3CCOCC3)nc3c(c2-c2ccn4c(Cc5ccc(F)c(F)c5)cnc4c2)S(=O)(=O)CC3C(C)C)o1. The van der Waals surface area contributed by atoms with Crippen molar-refractivity contribution in [2.75, 3.05) is 19.0 Å². The van der Waals surface area contributed by atoms with Crippen LogP contribution in [0.1, 0.15) is 67.6 Å². The van der Waals surface area contributed by atoms with Crippen LogP contribution in [0.5, 0.6) is 0 Å². The average Bonchev–Trinajstić information content (AvgIpc) is 3.72. The van der Waals surface area contributed by atoms with Gasteiger partial charge in [-0.2, -0.15) is 0 Å². The molecule has 4 aromatic heterocycles. The van der Waals surface area contributed by atoms with Crippen LogP contribution in [-0.4, -0.2) is 52.0 Å². The van der Waals surface area contributed by atoms with Crippen molar-refractivity contribution < 1.29 is 26.4 Å². The second-order valence-electron chi connectivity index (χ2n) is 12.7. The van der Waals surface area contributed by atoms with Gasteiger partial charge in [-0.25, -0.2) is 22.2 Å². The minimum Gasteiger partial charge on any atom is -0.421 e. The fourth-order valence-electron chi connectivity index (χ4n) is 6.75. The summed E-state index contributed by atoms with van der Waals surface area (Å²) < 4.78 is 68.8. The normalized spacial score (nSPS) is 18.1. The lowest BCUT2D eigenvalue weighted by Gasteiger charge is -2.23. The third-order valence-electron chi connectivity index (χ3n) is 9.24. The van der Waals surface area contributed by atoms with Crippen LogP contribution in [-0.2, 0) is 27.4 Å². The molecular formula is C34H35F2N5O4S. The zero-order chi connectivity index (χ0) is 32.2. The van der Waals surface area contributed by atoms with Gasteiger partial charge < -0.3 is 13.6 Å². The van der Waals surface area contributed by atoms with E-state index in [2.05, 4.69) is 15.2 Å². The number of aromatic nitrogens is 5. The van der Waals surface area contributed by atoms with Crippen LogP contribution in [0.2, 0.25) is 0 Å². The summed E-state index contributed by atoms with van der Waals surface area (Å²) in [6, 6.07) is 7.54. The van der Waals surface area contributed by atoms with Gasteiger partial charge in [0.2, 0.25) is 11.8 Å². The van der Waals surface area contributed by atoms with Crippen molar-refractivity contribution >= 4 is 15.5 Å². The number of halogens is 2. The highest BCUT2D eigenvalue weighted by Crippen LogP contribution is 2.48. The van der Waals surface area contributed by atoms with Crippen molar-refractivity contribution in [2.45, 2.75) is 63.7 Å². The number of sulfone groups is 1. The first-order valence-corrected chi connectivity index (χ1v) is 17.3. The van der Waals surface area contributed by atoms with E-state index in [0.717, 1.165) is 49.9 Å². The lowest BCUT2D eigenvalue weighted by Crippen LogP contribution is -2.17. The summed E-state index contributed by atoms with van der Waals surface area (Å²) in [5, 5.41) is 8.45. The number of imidazole rings is 1. The monoisotopic (exact) mass is 647 g/mol. The molecule has 0 N–H and O–H groups in total. The molecule has 2 aliphatic rings. The van der Waals surface area contributed by atoms with Crippen molar-refractivity contribution in [3.8, 4) is 22.6 Å². The zero-order valence-corrected chi connectivity index (χ0v) is 26.8. The molecule has 5 aromatic rings. The lowest BCUT2D eigenvalue weighted by atomic mass is 9.88. The van der Waals surface area contributed by atoms with Crippen LogP contribution >= 0.6 is 0 Å². The molecule has 46 heavy (non-hydrogen) atoms. The summed E-state index contributed by atoms with van der Waals surface area (Å²) in [6.07, 6.45) is 7.28. The fraction of sp³-hybridized carbons (Fsp3) is 0.412. The molecule has 0 saturated carbocycles. The van der Waals surface area contributed by atoms with Gasteiger partial charge in [0.15, 0.2) is 21.5 Å². The maximum absolute atomic E-state index is 14.0. The molecule has 240 valence electrons. The minimum absolute atomic E-state index is 0.0181. The number of nitrogens with zero attached hydrogens (tertiary/aromatic N) is 5. The number of ether oxygens (including phenoxy) is 1. The first kappa shape index (κ1) is 30.6. The molecular weight excluding hydrogens is 612 g/mol. The fourth-order valence-corrected chi connectivity index (χ4v) is 8.98. The van der Waals surface area contributed by atoms with Gasteiger partial charge in [-0.15, -0.1) is 10.2 Å². The van der Waals surface area contributed by atoms with Gasteiger partial charge in [0.1, 0.15) is 5.65 Å². The van der Waals surface area contributed by atoms with E-state index in [-0.39, 0.29) is 28.4 Å². The van der Waals surface area contributed by atoms with Crippen LogP contribution in [0.15, 0.2) is 52.0 Å². The van der Waals surface area contributed by atoms with Crippen LogP contribution < -0.4 is 0 Å². The number of rotatable bonds is 8. The van der Waals surface area contributed by atoms with Crippen LogP contribution in [0.4, 0.5) is 8.78 Å². The molecule has 0 spiro atoms. The van der Waals surface area contributed by atoms with E-state index >= 15 is 0 Å². The van der Waals surface area contributed by atoms with Gasteiger partial charge in [-0.3, -0.25) is 4.98 Å². The van der Waals surface area contributed by atoms with E-state index in [1.54, 1.807) is 19.2 Å². The van der Waals surface area contributed by atoms with Crippen molar-refractivity contribution in [1.29, 1.82) is 0 Å². The number of pyridine rings is 2. The molecule has 7 rings (SSSR count). The Labute approximate surface area is 266 Å². The Morgan fingerprint density at radius 3 is 2.57 bits per heavy atom. The highest BCUT2D eigenvalue weighted by atomic mass is 32.2. The van der Waals surface area contributed by atoms with E-state index < -0.39 is 21.5 Å². The Hall–Kier alpha value is -4.03. The molecule has 0 radical (unpaired) electrons. The van der Waals surface area contributed by atoms with Gasteiger partial charge in [0.25, 0.3) is 0 Å². The summed E-state index contributed by atoms with van der Waals surface area (Å²) in [7, 11) is -3.71. The summed E-state index contributed by atoms with van der Waals surface area (Å²) in [4.78, 5) is 9.94. The number of benzene rings is 1. The van der Waals surface area contributed by atoms with Crippen LogP contribution in [0, 0.1) is 30.4 Å². The van der Waals surface area contributed by atoms with Crippen LogP contribution in [0.3, 0.4) is 0 Å². The second kappa shape index (κ2) is 12.0. The van der Waals surface area contributed by atoms with Gasteiger partial charge in [-0.1, -0.05) is 19.9 Å². The van der Waals surface area contributed by atoms with Crippen molar-refractivity contribution in [3.05, 3.63) is 82.9 Å². The standard InChI is InChI=1S/C34H35F2N5O4S/c1-19(2)25-18-46(42,43)33-30(23-8-11-41-24(17-37-29(41)16-23)14-22-4-6-26(35)27(36)15-22)31(34-40-39-20(3)45-34)28(38-32(25)33)7-5-21-9-12-44-13-10-21/h4,6,8,11,15-17,19,21,25H,5,7,9-10,12-14,18H2,1-3H3. The van der Waals surface area contributed by atoms with Gasteiger partial charge in [0, 0.05) is 56.1 Å². The summed E-state index contributed by atoms with van der Waals surface area (Å²) in [6.45, 7) is 7.23. The van der Waals surface area contributed by atoms with Crippen LogP contribution in [0.25, 0.3) is 28.2 Å². The highest BCUT2D eigenvalue weighted by molar-refractivity contribution is 7.92. The van der Waals surface area contributed by atoms with E-state index in [1.807, 2.05) is 36.6 Å². The van der Waals surface area contributed by atoms with Crippen molar-refractivity contribution in [1.82, 2.24) is 24.6 Å². The largest absolute Gasteiger partial charge is 0.421 e. The molecule has 1 aromatic carbocycles. The third kappa shape index (κ3) is 5.62. The second-order valence-corrected chi connectivity index (χ2v) is 14.7. The number of fused-ring (bicyclic) bond motifs is 2. The minimum atomic E-state index is -3.71. The molecule has 1 unspecified atom stereocenters. The average molecular weight is 648 g/mol. The summed E-state index contributed by atoms with van der Waals surface area (Å²) in [5.41, 5.74) is 4.97. The molecule has 12 heteroatoms. The predicted molar refractivity (Wildman–Crippen MR) is 167 cm³/mol. The predicted octanol–water partition coefficient (Wildman–Crippen LogP) is 6.51. The molecule has 0 bridgehead atoms. The first-order chi connectivity index (χ1) is 22.1. The lowest BCUT2D eigenvalue weighted by molar-refractivity contribution is 0.0639. The van der Waals surface area contributed by atoms with E-state index in [4.69, 9.17) is 14.1 Å². The topological polar surface area (TPSA) is 112 Å². The van der Waals surface area contributed by atoms with E-state index in [9.17, 15) is 17.2 Å². The molecule has 0 aliphatic carbocycles. The first-order valence-electron chi connectivity index (χ1n) is 15.7. The van der Waals surface area contributed by atoms with Gasteiger partial charge in [-0.05, 0) is 72.9 Å². The van der Waals surface area contributed by atoms with Gasteiger partial charge >= 0.3 is 0 Å². The maximum Gasteiger partial charge on any atom is 0.250 e. The zero-order valence-electron chi connectivity index (χ0n) is 26.0. The van der Waals surface area contributed by atoms with Crippen molar-refractivity contribution in [3.63, 3.8) is 0 Å². The highest BCUT2D eigenvalue weighted by Gasteiger charge is 2.42. The Bertz CT molecular complexity index is 2050. The molecule has 2 aliphatic heterocycles. The van der Waals surface area contributed by atoms with E-state index in [1.165, 1.54) is 6.07 Å².